The lowest BCUT2D eigenvalue weighted by atomic mass is 9.81. The molecule has 5 heteroatoms. The number of carbonyl (C=O) groups is 2. The van der Waals surface area contributed by atoms with Gasteiger partial charge >= 0.3 is 5.97 Å². The number of benzene rings is 1. The quantitative estimate of drug-likeness (QED) is 0.777. The van der Waals surface area contributed by atoms with Crippen LogP contribution in [-0.4, -0.2) is 24.0 Å². The Bertz CT molecular complexity index is 508. The fourth-order valence-corrected chi connectivity index (χ4v) is 2.82. The van der Waals surface area contributed by atoms with E-state index in [1.54, 1.807) is 0 Å². The average molecular weight is 290 g/mol. The minimum atomic E-state index is -0.742. The van der Waals surface area contributed by atoms with Crippen LogP contribution in [-0.2, 0) is 16.1 Å². The molecule has 5 nitrogen and oxygen atoms in total. The number of anilines is 1. The predicted molar refractivity (Wildman–Crippen MR) is 80.9 cm³/mol. The topological polar surface area (TPSA) is 78.4 Å². The summed E-state index contributed by atoms with van der Waals surface area (Å²) in [5.74, 6) is -1.11. The summed E-state index contributed by atoms with van der Waals surface area (Å²) in [6.07, 6.45) is 2.48. The fraction of sp³-hybridized carbons (Fsp3) is 0.500. The summed E-state index contributed by atoms with van der Waals surface area (Å²) in [5, 5.41) is 15.0. The number of nitrogens with one attached hydrogen (secondary N) is 2. The molecule has 1 aromatic rings. The molecule has 3 N–H and O–H groups in total. The van der Waals surface area contributed by atoms with Crippen LogP contribution in [0.15, 0.2) is 24.3 Å². The van der Waals surface area contributed by atoms with E-state index in [2.05, 4.69) is 10.6 Å². The van der Waals surface area contributed by atoms with Gasteiger partial charge in [-0.25, -0.2) is 0 Å². The lowest BCUT2D eigenvalue weighted by Crippen LogP contribution is -2.30. The molecule has 0 aromatic heterocycles. The maximum atomic E-state index is 12.3. The van der Waals surface area contributed by atoms with E-state index >= 15 is 0 Å². The number of carbonyl (C=O) groups excluding carboxylic acids is 1. The van der Waals surface area contributed by atoms with Crippen LogP contribution in [0.5, 0.6) is 0 Å². The zero-order chi connectivity index (χ0) is 15.2. The van der Waals surface area contributed by atoms with Crippen LogP contribution >= 0.6 is 0 Å². The Hall–Kier alpha value is -1.88. The van der Waals surface area contributed by atoms with Crippen molar-refractivity contribution in [2.75, 3.05) is 12.4 Å². The zero-order valence-electron chi connectivity index (χ0n) is 12.3. The van der Waals surface area contributed by atoms with E-state index in [4.69, 9.17) is 5.11 Å². The number of carboxylic acid groups (broad SMARTS) is 1. The molecule has 0 spiro atoms. The Morgan fingerprint density at radius 3 is 2.38 bits per heavy atom. The van der Waals surface area contributed by atoms with Crippen LogP contribution in [0.2, 0.25) is 0 Å². The monoisotopic (exact) mass is 290 g/mol. The highest BCUT2D eigenvalue weighted by Gasteiger charge is 2.29. The van der Waals surface area contributed by atoms with Crippen LogP contribution in [0.3, 0.4) is 0 Å². The summed E-state index contributed by atoms with van der Waals surface area (Å²) in [5.41, 5.74) is 1.88. The van der Waals surface area contributed by atoms with E-state index in [0.717, 1.165) is 11.3 Å². The third-order valence-corrected chi connectivity index (χ3v) is 4.09. The second kappa shape index (κ2) is 7.22. The Morgan fingerprint density at radius 1 is 1.14 bits per heavy atom. The van der Waals surface area contributed by atoms with Crippen molar-refractivity contribution in [3.05, 3.63) is 29.8 Å². The largest absolute Gasteiger partial charge is 0.481 e. The minimum Gasteiger partial charge on any atom is -0.481 e. The van der Waals surface area contributed by atoms with Crippen LogP contribution in [0.4, 0.5) is 5.69 Å². The molecule has 21 heavy (non-hydrogen) atoms. The van der Waals surface area contributed by atoms with Gasteiger partial charge in [-0.15, -0.1) is 0 Å². The highest BCUT2D eigenvalue weighted by Crippen LogP contribution is 2.30. The van der Waals surface area contributed by atoms with Crippen molar-refractivity contribution >= 4 is 17.6 Å². The lowest BCUT2D eigenvalue weighted by molar-refractivity contribution is -0.143. The van der Waals surface area contributed by atoms with Gasteiger partial charge in [0.25, 0.3) is 0 Å². The molecule has 1 aliphatic rings. The molecule has 1 saturated carbocycles. The molecule has 114 valence electrons. The number of aliphatic carboxylic acids is 1. The Balaban J connectivity index is 1.95. The molecular formula is C16H22N2O3. The Morgan fingerprint density at radius 2 is 1.76 bits per heavy atom. The molecule has 2 rings (SSSR count). The first-order valence-electron chi connectivity index (χ1n) is 7.38. The van der Waals surface area contributed by atoms with Crippen molar-refractivity contribution in [1.82, 2.24) is 5.32 Å². The highest BCUT2D eigenvalue weighted by molar-refractivity contribution is 5.93. The summed E-state index contributed by atoms with van der Waals surface area (Å²) >= 11 is 0. The summed E-state index contributed by atoms with van der Waals surface area (Å²) < 4.78 is 0. The lowest BCUT2D eigenvalue weighted by Gasteiger charge is -2.25. The van der Waals surface area contributed by atoms with Gasteiger partial charge < -0.3 is 15.7 Å². The molecule has 0 radical (unpaired) electrons. The molecule has 0 atom stereocenters. The van der Waals surface area contributed by atoms with E-state index in [0.29, 0.717) is 32.2 Å². The van der Waals surface area contributed by atoms with E-state index in [1.165, 1.54) is 0 Å². The van der Waals surface area contributed by atoms with Gasteiger partial charge in [-0.2, -0.15) is 0 Å². The number of para-hydroxylation sites is 1. The van der Waals surface area contributed by atoms with Crippen molar-refractivity contribution in [2.24, 2.45) is 11.8 Å². The molecule has 1 amide bonds. The maximum absolute atomic E-state index is 12.3. The molecule has 0 bridgehead atoms. The van der Waals surface area contributed by atoms with Gasteiger partial charge in [-0.3, -0.25) is 9.59 Å². The van der Waals surface area contributed by atoms with Gasteiger partial charge in [-0.05, 0) is 44.4 Å². The Labute approximate surface area is 124 Å². The van der Waals surface area contributed by atoms with Gasteiger partial charge in [0, 0.05) is 18.2 Å². The smallest absolute Gasteiger partial charge is 0.306 e. The average Bonchev–Trinajstić information content (AvgIpc) is 2.49. The first-order valence-corrected chi connectivity index (χ1v) is 7.38. The molecule has 0 aliphatic heterocycles. The summed E-state index contributed by atoms with van der Waals surface area (Å²) in [4.78, 5) is 23.3. The minimum absolute atomic E-state index is 0.00221. The number of amides is 1. The van der Waals surface area contributed by atoms with Crippen molar-refractivity contribution in [3.8, 4) is 0 Å². The molecule has 0 saturated heterocycles. The maximum Gasteiger partial charge on any atom is 0.306 e. The second-order valence-electron chi connectivity index (χ2n) is 5.56. The van der Waals surface area contributed by atoms with Crippen molar-refractivity contribution < 1.29 is 14.7 Å². The molecule has 0 heterocycles. The van der Waals surface area contributed by atoms with Crippen LogP contribution in [0.25, 0.3) is 0 Å². The van der Waals surface area contributed by atoms with Gasteiger partial charge in [-0.1, -0.05) is 18.2 Å². The third kappa shape index (κ3) is 4.04. The predicted octanol–water partition coefficient (Wildman–Crippen LogP) is 2.24. The van der Waals surface area contributed by atoms with Gasteiger partial charge in [0.15, 0.2) is 0 Å². The first kappa shape index (κ1) is 15.5. The van der Waals surface area contributed by atoms with E-state index in [-0.39, 0.29) is 17.7 Å². The first-order chi connectivity index (χ1) is 10.1. The molecule has 1 aromatic carbocycles. The van der Waals surface area contributed by atoms with Crippen molar-refractivity contribution in [1.29, 1.82) is 0 Å². The molecular weight excluding hydrogens is 268 g/mol. The molecule has 1 fully saturated rings. The summed E-state index contributed by atoms with van der Waals surface area (Å²) in [7, 11) is 1.87. The summed E-state index contributed by atoms with van der Waals surface area (Å²) in [6, 6.07) is 7.72. The Kier molecular flexibility index (Phi) is 5.33. The number of hydrogen-bond donors (Lipinski definition) is 3. The third-order valence-electron chi connectivity index (χ3n) is 4.09. The van der Waals surface area contributed by atoms with Crippen LogP contribution in [0, 0.1) is 11.8 Å². The normalized spacial score (nSPS) is 21.8. The fourth-order valence-electron chi connectivity index (χ4n) is 2.82. The second-order valence-corrected chi connectivity index (χ2v) is 5.56. The number of carboxylic acids is 1. The SMILES string of the molecule is CNCc1ccccc1NC(=O)C1CCC(C(=O)O)CC1. The van der Waals surface area contributed by atoms with Crippen LogP contribution in [0.1, 0.15) is 31.2 Å². The van der Waals surface area contributed by atoms with E-state index in [9.17, 15) is 9.59 Å². The van der Waals surface area contributed by atoms with Crippen molar-refractivity contribution in [2.45, 2.75) is 32.2 Å². The van der Waals surface area contributed by atoms with Crippen LogP contribution < -0.4 is 10.6 Å². The molecule has 0 unspecified atom stereocenters. The number of hydrogen-bond acceptors (Lipinski definition) is 3. The van der Waals surface area contributed by atoms with Crippen molar-refractivity contribution in [3.63, 3.8) is 0 Å². The van der Waals surface area contributed by atoms with Gasteiger partial charge in [0.05, 0.1) is 5.92 Å². The van der Waals surface area contributed by atoms with E-state index in [1.807, 2.05) is 31.3 Å². The summed E-state index contributed by atoms with van der Waals surface area (Å²) in [6.45, 7) is 0.697. The van der Waals surface area contributed by atoms with Gasteiger partial charge in [0.1, 0.15) is 0 Å². The highest BCUT2D eigenvalue weighted by atomic mass is 16.4. The van der Waals surface area contributed by atoms with Gasteiger partial charge in [0.2, 0.25) is 5.91 Å². The zero-order valence-corrected chi connectivity index (χ0v) is 12.3. The number of rotatable bonds is 5. The molecule has 1 aliphatic carbocycles. The standard InChI is InChI=1S/C16H22N2O3/c1-17-10-13-4-2-3-5-14(13)18-15(19)11-6-8-12(9-7-11)16(20)21/h2-5,11-12,17H,6-10H2,1H3,(H,18,19)(H,20,21). The van der Waals surface area contributed by atoms with E-state index < -0.39 is 5.97 Å².